The third kappa shape index (κ3) is 4.15. The van der Waals surface area contributed by atoms with Gasteiger partial charge in [0.2, 0.25) is 0 Å². The van der Waals surface area contributed by atoms with Crippen molar-refractivity contribution < 1.29 is 47.7 Å². The molecular weight excluding hydrogens is 449 g/mol. The van der Waals surface area contributed by atoms with E-state index in [1.165, 1.54) is 44.9 Å². The summed E-state index contributed by atoms with van der Waals surface area (Å²) in [6.07, 6.45) is 12.1. The molecule has 0 aliphatic heterocycles. The second-order valence-electron chi connectivity index (χ2n) is 12.0. The molecule has 1 radical (unpaired) electrons. The summed E-state index contributed by atoms with van der Waals surface area (Å²) >= 11 is 0. The van der Waals surface area contributed by atoms with Crippen molar-refractivity contribution in [3.05, 3.63) is 0 Å². The van der Waals surface area contributed by atoms with Crippen molar-refractivity contribution in [3.63, 3.8) is 0 Å². The quantitative estimate of drug-likeness (QED) is 0.535. The summed E-state index contributed by atoms with van der Waals surface area (Å²) in [5.74, 6) is 4.16. The molecule has 4 fully saturated rings. The van der Waals surface area contributed by atoms with Gasteiger partial charge >= 0.3 is 0 Å². The maximum absolute atomic E-state index is 11.6. The van der Waals surface area contributed by atoms with Gasteiger partial charge in [-0.15, -0.1) is 0 Å². The summed E-state index contributed by atoms with van der Waals surface area (Å²) in [6.45, 7) is 9.28. The Hall–Kier alpha value is 0.984. The minimum Gasteiger partial charge on any atom is -0.393 e. The molecule has 4 aliphatic rings. The van der Waals surface area contributed by atoms with Crippen LogP contribution in [0.1, 0.15) is 91.9 Å². The molecule has 0 heterocycles. The number of fused-ring (bicyclic) bond motifs is 5. The average molecular weight is 496 g/mol. The summed E-state index contributed by atoms with van der Waals surface area (Å²) in [5.41, 5.74) is 0.475. The van der Waals surface area contributed by atoms with Gasteiger partial charge in [0.05, 0.1) is 18.3 Å². The van der Waals surface area contributed by atoms with Gasteiger partial charge in [-0.25, -0.2) is 0 Å². The van der Waals surface area contributed by atoms with E-state index in [0.29, 0.717) is 35.2 Å². The van der Waals surface area contributed by atoms with Crippen molar-refractivity contribution in [2.45, 2.75) is 110 Å². The third-order valence-corrected chi connectivity index (χ3v) is 10.9. The van der Waals surface area contributed by atoms with Gasteiger partial charge in [0.15, 0.2) is 0 Å². The number of aliphatic hydroxyl groups excluding tert-OH is 2. The smallest absolute Gasteiger partial charge is 0.0602 e. The molecule has 4 heteroatoms. The van der Waals surface area contributed by atoms with E-state index in [1.807, 2.05) is 14.0 Å². The second-order valence-corrected chi connectivity index (χ2v) is 12.0. The first-order valence-electron chi connectivity index (χ1n) is 12.6. The SMILES string of the molecule is COC1CCC2(C)C(CCC3C2CC(O)C2(C)C(C(C)CCC(C)O)CCC32)C1.[Y]. The molecule has 4 rings (SSSR count). The van der Waals surface area contributed by atoms with Crippen LogP contribution in [-0.2, 0) is 37.4 Å². The molecule has 0 amide bonds. The van der Waals surface area contributed by atoms with Crippen molar-refractivity contribution in [2.24, 2.45) is 46.3 Å². The number of hydrogen-bond donors (Lipinski definition) is 2. The molecule has 11 atom stereocenters. The Kier molecular flexibility index (Phi) is 8.27. The van der Waals surface area contributed by atoms with E-state index in [-0.39, 0.29) is 50.3 Å². The van der Waals surface area contributed by atoms with E-state index in [1.54, 1.807) is 0 Å². The standard InChI is InChI=1S/C26H46O3.Y/c1-16(6-7-17(2)27)21-10-11-22-20-9-8-18-14-19(29-5)12-13-25(18,3)23(20)15-24(28)26(21,22)4;/h16-24,27-28H,6-15H2,1-5H3;. The van der Waals surface area contributed by atoms with E-state index >= 15 is 0 Å². The first-order valence-corrected chi connectivity index (χ1v) is 12.6. The van der Waals surface area contributed by atoms with Crippen LogP contribution in [0, 0.1) is 46.3 Å². The largest absolute Gasteiger partial charge is 0.393 e. The Bertz CT molecular complexity index is 583. The van der Waals surface area contributed by atoms with Crippen LogP contribution in [0.4, 0.5) is 0 Å². The molecule has 2 N–H and O–H groups in total. The van der Waals surface area contributed by atoms with Gasteiger partial charge in [-0.1, -0.05) is 20.8 Å². The minimum atomic E-state index is -0.208. The maximum atomic E-state index is 11.6. The maximum Gasteiger partial charge on any atom is 0.0602 e. The Balaban J connectivity index is 0.00000256. The van der Waals surface area contributed by atoms with Gasteiger partial charge in [-0.3, -0.25) is 0 Å². The van der Waals surface area contributed by atoms with E-state index < -0.39 is 0 Å². The van der Waals surface area contributed by atoms with E-state index in [0.717, 1.165) is 31.1 Å². The Morgan fingerprint density at radius 1 is 0.967 bits per heavy atom. The molecule has 0 aromatic rings. The van der Waals surface area contributed by atoms with Crippen LogP contribution < -0.4 is 0 Å². The van der Waals surface area contributed by atoms with Gasteiger partial charge in [-0.05, 0) is 117 Å². The van der Waals surface area contributed by atoms with Crippen LogP contribution in [0.15, 0.2) is 0 Å². The molecule has 3 nitrogen and oxygen atoms in total. The monoisotopic (exact) mass is 495 g/mol. The fourth-order valence-electron chi connectivity index (χ4n) is 9.06. The van der Waals surface area contributed by atoms with Crippen molar-refractivity contribution in [2.75, 3.05) is 7.11 Å². The number of methoxy groups -OCH3 is 1. The molecule has 171 valence electrons. The van der Waals surface area contributed by atoms with Crippen LogP contribution in [0.5, 0.6) is 0 Å². The summed E-state index contributed by atoms with van der Waals surface area (Å²) in [4.78, 5) is 0. The summed E-state index contributed by atoms with van der Waals surface area (Å²) in [7, 11) is 1.88. The summed E-state index contributed by atoms with van der Waals surface area (Å²) in [5, 5.41) is 21.4. The minimum absolute atomic E-state index is 0. The molecule has 0 bridgehead atoms. The fraction of sp³-hybridized carbons (Fsp3) is 1.00. The van der Waals surface area contributed by atoms with Crippen LogP contribution in [0.25, 0.3) is 0 Å². The number of hydrogen-bond acceptors (Lipinski definition) is 3. The van der Waals surface area contributed by atoms with Crippen molar-refractivity contribution in [1.82, 2.24) is 0 Å². The zero-order chi connectivity index (χ0) is 21.0. The predicted molar refractivity (Wildman–Crippen MR) is 117 cm³/mol. The van der Waals surface area contributed by atoms with Gasteiger partial charge in [0, 0.05) is 39.8 Å². The topological polar surface area (TPSA) is 49.7 Å². The fourth-order valence-corrected chi connectivity index (χ4v) is 9.06. The molecule has 11 unspecified atom stereocenters. The molecule has 4 saturated carbocycles. The zero-order valence-electron chi connectivity index (χ0n) is 20.1. The van der Waals surface area contributed by atoms with E-state index in [2.05, 4.69) is 20.8 Å². The van der Waals surface area contributed by atoms with Gasteiger partial charge in [-0.2, -0.15) is 0 Å². The van der Waals surface area contributed by atoms with Crippen LogP contribution in [0.3, 0.4) is 0 Å². The number of aliphatic hydroxyl groups is 2. The Morgan fingerprint density at radius 2 is 1.70 bits per heavy atom. The van der Waals surface area contributed by atoms with Crippen LogP contribution in [-0.4, -0.2) is 35.6 Å². The molecule has 4 aliphatic carbocycles. The van der Waals surface area contributed by atoms with Crippen molar-refractivity contribution >= 4 is 0 Å². The van der Waals surface area contributed by atoms with Gasteiger partial charge in [0.1, 0.15) is 0 Å². The molecule has 30 heavy (non-hydrogen) atoms. The summed E-state index contributed by atoms with van der Waals surface area (Å²) < 4.78 is 5.74. The van der Waals surface area contributed by atoms with Crippen LogP contribution in [0.2, 0.25) is 0 Å². The van der Waals surface area contributed by atoms with Crippen molar-refractivity contribution in [3.8, 4) is 0 Å². The predicted octanol–water partition coefficient (Wildman–Crippen LogP) is 5.43. The molecule has 0 saturated heterocycles. The normalized spacial score (nSPS) is 49.9. The van der Waals surface area contributed by atoms with Crippen molar-refractivity contribution in [1.29, 1.82) is 0 Å². The second kappa shape index (κ2) is 9.69. The molecule has 0 aromatic heterocycles. The summed E-state index contributed by atoms with van der Waals surface area (Å²) in [6, 6.07) is 0. The zero-order valence-corrected chi connectivity index (χ0v) is 23.0. The Morgan fingerprint density at radius 3 is 2.37 bits per heavy atom. The van der Waals surface area contributed by atoms with Crippen LogP contribution >= 0.6 is 0 Å². The van der Waals surface area contributed by atoms with Gasteiger partial charge in [0.25, 0.3) is 0 Å². The average Bonchev–Trinajstić information content (AvgIpc) is 3.05. The first kappa shape index (κ1) is 25.6. The molecule has 0 aromatic carbocycles. The van der Waals surface area contributed by atoms with E-state index in [9.17, 15) is 10.2 Å². The van der Waals surface area contributed by atoms with Gasteiger partial charge < -0.3 is 14.9 Å². The van der Waals surface area contributed by atoms with E-state index in [4.69, 9.17) is 4.74 Å². The number of rotatable bonds is 5. The molecular formula is C26H46O3Y. The first-order chi connectivity index (χ1) is 13.7. The Labute approximate surface area is 210 Å². The number of ether oxygens (including phenoxy) is 1. The molecule has 0 spiro atoms. The third-order valence-electron chi connectivity index (χ3n) is 10.9.